The fourth-order valence-corrected chi connectivity index (χ4v) is 1.41. The van der Waals surface area contributed by atoms with Gasteiger partial charge in [0.05, 0.1) is 0 Å². The monoisotopic (exact) mass is 225 g/mol. The molecular weight excluding hydrogens is 214 g/mol. The molecule has 0 fully saturated rings. The summed E-state index contributed by atoms with van der Waals surface area (Å²) in [5.74, 6) is 0.498. The van der Waals surface area contributed by atoms with Crippen LogP contribution in [0.1, 0.15) is 16.8 Å². The van der Waals surface area contributed by atoms with Crippen molar-refractivity contribution < 1.29 is 0 Å². The zero-order valence-corrected chi connectivity index (χ0v) is 9.38. The number of anilines is 1. The van der Waals surface area contributed by atoms with Gasteiger partial charge in [0.2, 0.25) is 0 Å². The molecule has 0 aromatic carbocycles. The van der Waals surface area contributed by atoms with Crippen molar-refractivity contribution in [3.8, 4) is 6.07 Å². The summed E-state index contributed by atoms with van der Waals surface area (Å²) in [4.78, 5) is 12.1. The van der Waals surface area contributed by atoms with Crippen molar-refractivity contribution in [2.45, 2.75) is 13.5 Å². The van der Waals surface area contributed by atoms with Gasteiger partial charge in [-0.3, -0.25) is 4.98 Å². The summed E-state index contributed by atoms with van der Waals surface area (Å²) in [6.45, 7) is 2.59. The van der Waals surface area contributed by atoms with Crippen LogP contribution in [0.3, 0.4) is 0 Å². The molecule has 0 aliphatic rings. The predicted octanol–water partition coefficient (Wildman–Crippen LogP) is 1.66. The van der Waals surface area contributed by atoms with Gasteiger partial charge in [0, 0.05) is 31.3 Å². The highest BCUT2D eigenvalue weighted by Crippen LogP contribution is 2.10. The number of hydrogen-bond donors (Lipinski definition) is 1. The molecule has 0 saturated carbocycles. The Bertz CT molecular complexity index is 559. The van der Waals surface area contributed by atoms with Crippen LogP contribution in [-0.4, -0.2) is 15.0 Å². The van der Waals surface area contributed by atoms with Crippen molar-refractivity contribution in [1.82, 2.24) is 15.0 Å². The third-order valence-corrected chi connectivity index (χ3v) is 2.40. The van der Waals surface area contributed by atoms with Gasteiger partial charge < -0.3 is 5.32 Å². The highest BCUT2D eigenvalue weighted by molar-refractivity contribution is 5.47. The molecule has 0 unspecified atom stereocenters. The number of hydrogen-bond acceptors (Lipinski definition) is 5. The van der Waals surface area contributed by atoms with Crippen LogP contribution in [0.4, 0.5) is 5.82 Å². The molecule has 0 radical (unpaired) electrons. The van der Waals surface area contributed by atoms with Gasteiger partial charge in [-0.05, 0) is 24.1 Å². The summed E-state index contributed by atoms with van der Waals surface area (Å²) in [6.07, 6.45) is 6.60. The van der Waals surface area contributed by atoms with E-state index >= 15 is 0 Å². The number of nitrogens with zero attached hydrogens (tertiary/aromatic N) is 4. The second kappa shape index (κ2) is 5.03. The Hall–Kier alpha value is -2.48. The zero-order valence-electron chi connectivity index (χ0n) is 9.38. The van der Waals surface area contributed by atoms with Gasteiger partial charge >= 0.3 is 0 Å². The van der Waals surface area contributed by atoms with E-state index in [1.165, 1.54) is 6.20 Å². The maximum atomic E-state index is 8.87. The van der Waals surface area contributed by atoms with Gasteiger partial charge in [-0.2, -0.15) is 5.26 Å². The van der Waals surface area contributed by atoms with Gasteiger partial charge in [0.1, 0.15) is 6.07 Å². The molecule has 2 aromatic heterocycles. The molecule has 0 bridgehead atoms. The van der Waals surface area contributed by atoms with Crippen molar-refractivity contribution in [3.63, 3.8) is 0 Å². The van der Waals surface area contributed by atoms with E-state index in [1.54, 1.807) is 18.6 Å². The van der Waals surface area contributed by atoms with Crippen molar-refractivity contribution in [2.24, 2.45) is 0 Å². The Balaban J connectivity index is 2.13. The lowest BCUT2D eigenvalue weighted by atomic mass is 10.1. The molecule has 17 heavy (non-hydrogen) atoms. The number of nitrogens with one attached hydrogen (secondary N) is 1. The average Bonchev–Trinajstić information content (AvgIpc) is 2.38. The van der Waals surface area contributed by atoms with Crippen LogP contribution in [0.15, 0.2) is 30.9 Å². The second-order valence-electron chi connectivity index (χ2n) is 3.52. The Morgan fingerprint density at radius 1 is 1.29 bits per heavy atom. The van der Waals surface area contributed by atoms with E-state index in [2.05, 4.69) is 20.3 Å². The van der Waals surface area contributed by atoms with Crippen LogP contribution in [0.5, 0.6) is 0 Å². The maximum Gasteiger partial charge on any atom is 0.182 e. The number of aromatic nitrogens is 3. The van der Waals surface area contributed by atoms with Gasteiger partial charge in [-0.15, -0.1) is 0 Å². The van der Waals surface area contributed by atoms with E-state index in [0.29, 0.717) is 18.1 Å². The first kappa shape index (κ1) is 11.0. The lowest BCUT2D eigenvalue weighted by Gasteiger charge is -2.07. The molecule has 0 amide bonds. The van der Waals surface area contributed by atoms with Gasteiger partial charge in [0.25, 0.3) is 0 Å². The Labute approximate surface area is 99.2 Å². The zero-order chi connectivity index (χ0) is 12.1. The van der Waals surface area contributed by atoms with Gasteiger partial charge in [-0.1, -0.05) is 0 Å². The van der Waals surface area contributed by atoms with Crippen LogP contribution in [-0.2, 0) is 6.54 Å². The Morgan fingerprint density at radius 3 is 2.88 bits per heavy atom. The fourth-order valence-electron chi connectivity index (χ4n) is 1.41. The van der Waals surface area contributed by atoms with E-state index in [9.17, 15) is 0 Å². The molecule has 2 rings (SSSR count). The van der Waals surface area contributed by atoms with E-state index in [4.69, 9.17) is 5.26 Å². The summed E-state index contributed by atoms with van der Waals surface area (Å²) in [7, 11) is 0. The predicted molar refractivity (Wildman–Crippen MR) is 63.0 cm³/mol. The summed E-state index contributed by atoms with van der Waals surface area (Å²) >= 11 is 0. The largest absolute Gasteiger partial charge is 0.364 e. The van der Waals surface area contributed by atoms with Crippen molar-refractivity contribution >= 4 is 5.82 Å². The first-order valence-corrected chi connectivity index (χ1v) is 5.15. The molecule has 5 heteroatoms. The first-order valence-electron chi connectivity index (χ1n) is 5.15. The summed E-state index contributed by atoms with van der Waals surface area (Å²) in [6, 6.07) is 3.94. The molecular formula is C12H11N5. The van der Waals surface area contributed by atoms with E-state index in [0.717, 1.165) is 11.1 Å². The van der Waals surface area contributed by atoms with Crippen LogP contribution >= 0.6 is 0 Å². The van der Waals surface area contributed by atoms with Gasteiger partial charge in [0.15, 0.2) is 11.5 Å². The number of rotatable bonds is 3. The number of pyridine rings is 1. The summed E-state index contributed by atoms with van der Waals surface area (Å²) in [5.41, 5.74) is 2.52. The van der Waals surface area contributed by atoms with E-state index < -0.39 is 0 Å². The highest BCUT2D eigenvalue weighted by atomic mass is 15.0. The maximum absolute atomic E-state index is 8.87. The van der Waals surface area contributed by atoms with Crippen molar-refractivity contribution in [2.75, 3.05) is 5.32 Å². The minimum atomic E-state index is 0.300. The standard InChI is InChI=1S/C12H11N5/c1-9-2-3-14-7-10(9)8-17-12-11(6-13)15-4-5-16-12/h2-5,7H,8H2,1H3,(H,16,17). The summed E-state index contributed by atoms with van der Waals surface area (Å²) in [5, 5.41) is 12.0. The van der Waals surface area contributed by atoms with Gasteiger partial charge in [-0.25, -0.2) is 9.97 Å². The van der Waals surface area contributed by atoms with Crippen LogP contribution in [0, 0.1) is 18.3 Å². The molecule has 5 nitrogen and oxygen atoms in total. The Morgan fingerprint density at radius 2 is 2.12 bits per heavy atom. The third kappa shape index (κ3) is 2.55. The molecule has 0 spiro atoms. The smallest absolute Gasteiger partial charge is 0.182 e. The lowest BCUT2D eigenvalue weighted by molar-refractivity contribution is 1.04. The SMILES string of the molecule is Cc1ccncc1CNc1nccnc1C#N. The van der Waals surface area contributed by atoms with Crippen molar-refractivity contribution in [1.29, 1.82) is 5.26 Å². The van der Waals surface area contributed by atoms with Crippen LogP contribution in [0.25, 0.3) is 0 Å². The molecule has 0 saturated heterocycles. The quantitative estimate of drug-likeness (QED) is 0.859. The Kier molecular flexibility index (Phi) is 3.26. The number of nitriles is 1. The molecule has 0 aliphatic carbocycles. The topological polar surface area (TPSA) is 74.5 Å². The fraction of sp³-hybridized carbons (Fsp3) is 0.167. The van der Waals surface area contributed by atoms with Crippen LogP contribution in [0.2, 0.25) is 0 Å². The summed E-state index contributed by atoms with van der Waals surface area (Å²) < 4.78 is 0. The molecule has 84 valence electrons. The molecule has 1 N–H and O–H groups in total. The highest BCUT2D eigenvalue weighted by Gasteiger charge is 2.04. The normalized spacial score (nSPS) is 9.65. The van der Waals surface area contributed by atoms with E-state index in [-0.39, 0.29) is 0 Å². The second-order valence-corrected chi connectivity index (χ2v) is 3.52. The molecule has 2 aromatic rings. The van der Waals surface area contributed by atoms with Crippen molar-refractivity contribution in [3.05, 3.63) is 47.7 Å². The minimum Gasteiger partial charge on any atom is -0.364 e. The lowest BCUT2D eigenvalue weighted by Crippen LogP contribution is -2.05. The third-order valence-electron chi connectivity index (χ3n) is 2.40. The first-order chi connectivity index (χ1) is 8.31. The molecule has 2 heterocycles. The molecule has 0 aliphatic heterocycles. The van der Waals surface area contributed by atoms with Crippen LogP contribution < -0.4 is 5.32 Å². The molecule has 0 atom stereocenters. The number of aryl methyl sites for hydroxylation is 1. The van der Waals surface area contributed by atoms with E-state index in [1.807, 2.05) is 19.1 Å². The average molecular weight is 225 g/mol. The minimum absolute atomic E-state index is 0.300.